The fraction of sp³-hybridized carbons (Fsp3) is 0.500. The van der Waals surface area contributed by atoms with E-state index in [4.69, 9.17) is 4.74 Å². The summed E-state index contributed by atoms with van der Waals surface area (Å²) in [4.78, 5) is 25.4. The molecule has 134 valence electrons. The molecular formula is C20H26N2O3. The van der Waals surface area contributed by atoms with Crippen LogP contribution in [-0.2, 0) is 9.53 Å². The van der Waals surface area contributed by atoms with Gasteiger partial charge in [0.15, 0.2) is 0 Å². The van der Waals surface area contributed by atoms with Crippen LogP contribution in [0.1, 0.15) is 36.0 Å². The Morgan fingerprint density at radius 3 is 2.52 bits per heavy atom. The molecule has 25 heavy (non-hydrogen) atoms. The van der Waals surface area contributed by atoms with Gasteiger partial charge in [-0.1, -0.05) is 6.58 Å². The summed E-state index contributed by atoms with van der Waals surface area (Å²) in [6.45, 7) is 5.98. The fourth-order valence-corrected chi connectivity index (χ4v) is 3.96. The molecule has 2 amide bonds. The Morgan fingerprint density at radius 1 is 1.28 bits per heavy atom. The number of carbonyl (C=O) groups is 2. The summed E-state index contributed by atoms with van der Waals surface area (Å²) >= 11 is 0. The lowest BCUT2D eigenvalue weighted by molar-refractivity contribution is -0.113. The van der Waals surface area contributed by atoms with Gasteiger partial charge in [0.05, 0.1) is 0 Å². The van der Waals surface area contributed by atoms with Crippen molar-refractivity contribution in [2.45, 2.75) is 25.7 Å². The van der Waals surface area contributed by atoms with E-state index < -0.39 is 0 Å². The smallest absolute Gasteiger partial charge is 0.251 e. The molecule has 2 fully saturated rings. The molecule has 1 saturated heterocycles. The summed E-state index contributed by atoms with van der Waals surface area (Å²) in [6.07, 6.45) is 5.99. The van der Waals surface area contributed by atoms with Gasteiger partial charge in [0.25, 0.3) is 5.91 Å². The third kappa shape index (κ3) is 3.93. The number of rotatable bonds is 5. The second-order valence-electron chi connectivity index (χ2n) is 7.24. The minimum Gasteiger partial charge on any atom is -0.381 e. The molecule has 1 aromatic rings. The highest BCUT2D eigenvalue weighted by atomic mass is 16.5. The molecule has 3 rings (SSSR count). The fourth-order valence-electron chi connectivity index (χ4n) is 3.96. The average molecular weight is 342 g/mol. The first-order valence-electron chi connectivity index (χ1n) is 8.89. The number of nitrogens with one attached hydrogen (secondary N) is 1. The zero-order valence-corrected chi connectivity index (χ0v) is 14.8. The molecule has 1 aliphatic heterocycles. The first-order valence-corrected chi connectivity index (χ1v) is 8.89. The van der Waals surface area contributed by atoms with Gasteiger partial charge < -0.3 is 15.0 Å². The Hall–Kier alpha value is -2.14. The van der Waals surface area contributed by atoms with Crippen molar-refractivity contribution in [1.82, 2.24) is 5.32 Å². The Morgan fingerprint density at radius 2 is 1.92 bits per heavy atom. The molecule has 1 heterocycles. The molecule has 1 aliphatic carbocycles. The Bertz CT molecular complexity index is 639. The normalized spacial score (nSPS) is 19.1. The molecule has 2 aliphatic rings. The van der Waals surface area contributed by atoms with Crippen LogP contribution >= 0.6 is 0 Å². The van der Waals surface area contributed by atoms with Crippen LogP contribution in [0.25, 0.3) is 0 Å². The van der Waals surface area contributed by atoms with Crippen molar-refractivity contribution in [2.24, 2.45) is 11.3 Å². The second kappa shape index (κ2) is 7.40. The summed E-state index contributed by atoms with van der Waals surface area (Å²) < 4.78 is 5.44. The van der Waals surface area contributed by atoms with Crippen molar-refractivity contribution in [1.29, 1.82) is 0 Å². The quantitative estimate of drug-likeness (QED) is 0.837. The number of carbonyl (C=O) groups excluding carboxylic acids is 2. The molecule has 0 unspecified atom stereocenters. The molecule has 0 atom stereocenters. The number of ether oxygens (including phenoxy) is 1. The summed E-state index contributed by atoms with van der Waals surface area (Å²) in [5.41, 5.74) is 1.84. The molecule has 0 radical (unpaired) electrons. The van der Waals surface area contributed by atoms with Crippen molar-refractivity contribution in [2.75, 3.05) is 31.7 Å². The van der Waals surface area contributed by atoms with E-state index in [0.717, 1.165) is 38.3 Å². The first kappa shape index (κ1) is 17.7. The van der Waals surface area contributed by atoms with E-state index in [9.17, 15) is 9.59 Å². The number of nitrogens with zero attached hydrogens (tertiary/aromatic N) is 1. The van der Waals surface area contributed by atoms with Gasteiger partial charge in [0, 0.05) is 38.1 Å². The van der Waals surface area contributed by atoms with Gasteiger partial charge in [0.1, 0.15) is 0 Å². The van der Waals surface area contributed by atoms with Crippen LogP contribution in [-0.4, -0.2) is 38.6 Å². The van der Waals surface area contributed by atoms with Crippen molar-refractivity contribution < 1.29 is 14.3 Å². The van der Waals surface area contributed by atoms with Crippen LogP contribution in [0.2, 0.25) is 0 Å². The van der Waals surface area contributed by atoms with Crippen LogP contribution in [0.15, 0.2) is 36.9 Å². The summed E-state index contributed by atoms with van der Waals surface area (Å²) in [5.74, 6) is 0.346. The van der Waals surface area contributed by atoms with E-state index in [0.29, 0.717) is 16.9 Å². The maximum atomic E-state index is 12.3. The van der Waals surface area contributed by atoms with E-state index in [1.165, 1.54) is 23.8 Å². The molecule has 1 N–H and O–H groups in total. The van der Waals surface area contributed by atoms with Crippen LogP contribution in [0.5, 0.6) is 0 Å². The molecule has 5 nitrogen and oxygen atoms in total. The van der Waals surface area contributed by atoms with Crippen molar-refractivity contribution in [3.05, 3.63) is 42.5 Å². The molecule has 1 aromatic carbocycles. The predicted octanol–water partition coefficient (Wildman–Crippen LogP) is 2.77. The first-order chi connectivity index (χ1) is 12.0. The van der Waals surface area contributed by atoms with Gasteiger partial charge in [-0.2, -0.15) is 0 Å². The highest BCUT2D eigenvalue weighted by molar-refractivity contribution is 6.01. The standard InChI is InChI=1S/C20H26N2O3/c1-3-18(23)22(2)17-6-4-16(5-7-17)19(24)21-14-15-12-20(13-15)8-10-25-11-9-20/h3-7,15H,1,8-14H2,2H3,(H,21,24). The minimum atomic E-state index is -0.177. The molecular weight excluding hydrogens is 316 g/mol. The Kier molecular flexibility index (Phi) is 5.23. The number of likely N-dealkylation sites (N-methyl/N-ethyl adjacent to an activating group) is 1. The molecule has 1 saturated carbocycles. The molecule has 0 bridgehead atoms. The van der Waals surface area contributed by atoms with Gasteiger partial charge in [-0.25, -0.2) is 0 Å². The predicted molar refractivity (Wildman–Crippen MR) is 97.6 cm³/mol. The second-order valence-corrected chi connectivity index (χ2v) is 7.24. The molecule has 1 spiro atoms. The molecule has 5 heteroatoms. The number of hydrogen-bond donors (Lipinski definition) is 1. The van der Waals surface area contributed by atoms with E-state index in [2.05, 4.69) is 11.9 Å². The number of amides is 2. The maximum absolute atomic E-state index is 12.3. The number of benzene rings is 1. The van der Waals surface area contributed by atoms with Gasteiger partial charge in [-0.15, -0.1) is 0 Å². The topological polar surface area (TPSA) is 58.6 Å². The average Bonchev–Trinajstić information content (AvgIpc) is 2.64. The van der Waals surface area contributed by atoms with E-state index in [1.807, 2.05) is 0 Å². The number of anilines is 1. The maximum Gasteiger partial charge on any atom is 0.251 e. The lowest BCUT2D eigenvalue weighted by Crippen LogP contribution is -2.46. The summed E-state index contributed by atoms with van der Waals surface area (Å²) in [5, 5.41) is 3.04. The zero-order chi connectivity index (χ0) is 17.9. The van der Waals surface area contributed by atoms with Crippen LogP contribution < -0.4 is 10.2 Å². The van der Waals surface area contributed by atoms with Gasteiger partial charge in [-0.05, 0) is 67.4 Å². The highest BCUT2D eigenvalue weighted by Crippen LogP contribution is 2.51. The highest BCUT2D eigenvalue weighted by Gasteiger charge is 2.44. The summed E-state index contributed by atoms with van der Waals surface area (Å²) in [6, 6.07) is 7.05. The van der Waals surface area contributed by atoms with Gasteiger partial charge >= 0.3 is 0 Å². The van der Waals surface area contributed by atoms with Crippen molar-refractivity contribution >= 4 is 17.5 Å². The monoisotopic (exact) mass is 342 g/mol. The van der Waals surface area contributed by atoms with E-state index in [1.54, 1.807) is 31.3 Å². The summed E-state index contributed by atoms with van der Waals surface area (Å²) in [7, 11) is 1.68. The third-order valence-corrected chi connectivity index (χ3v) is 5.57. The Balaban J connectivity index is 1.47. The van der Waals surface area contributed by atoms with Gasteiger partial charge in [-0.3, -0.25) is 9.59 Å². The lowest BCUT2D eigenvalue weighted by atomic mass is 9.58. The third-order valence-electron chi connectivity index (χ3n) is 5.57. The SMILES string of the molecule is C=CC(=O)N(C)c1ccc(C(=O)NCC2CC3(CCOCC3)C2)cc1. The van der Waals surface area contributed by atoms with Crippen molar-refractivity contribution in [3.63, 3.8) is 0 Å². The molecule has 0 aromatic heterocycles. The largest absolute Gasteiger partial charge is 0.381 e. The van der Waals surface area contributed by atoms with Crippen LogP contribution in [0, 0.1) is 11.3 Å². The van der Waals surface area contributed by atoms with E-state index in [-0.39, 0.29) is 11.8 Å². The lowest BCUT2D eigenvalue weighted by Gasteiger charge is -2.50. The number of hydrogen-bond acceptors (Lipinski definition) is 3. The van der Waals surface area contributed by atoms with E-state index >= 15 is 0 Å². The van der Waals surface area contributed by atoms with Crippen LogP contribution in [0.3, 0.4) is 0 Å². The van der Waals surface area contributed by atoms with Gasteiger partial charge in [0.2, 0.25) is 5.91 Å². The zero-order valence-electron chi connectivity index (χ0n) is 14.8. The van der Waals surface area contributed by atoms with Crippen LogP contribution in [0.4, 0.5) is 5.69 Å². The van der Waals surface area contributed by atoms with Crippen molar-refractivity contribution in [3.8, 4) is 0 Å². The minimum absolute atomic E-state index is 0.0582. The Labute approximate surface area is 149 Å².